The summed E-state index contributed by atoms with van der Waals surface area (Å²) in [5.41, 5.74) is 2.48. The zero-order chi connectivity index (χ0) is 20.1. The smallest absolute Gasteiger partial charge is 0.242 e. The van der Waals surface area contributed by atoms with Gasteiger partial charge in [0.15, 0.2) is 0 Å². The number of hydrogen-bond acceptors (Lipinski definition) is 3. The van der Waals surface area contributed by atoms with E-state index < -0.39 is 0 Å². The van der Waals surface area contributed by atoms with E-state index in [2.05, 4.69) is 64.6 Å². The Morgan fingerprint density at radius 2 is 1.62 bits per heavy atom. The molecule has 4 rings (SSSR count). The Kier molecular flexibility index (Phi) is 6.63. The Morgan fingerprint density at radius 3 is 2.24 bits per heavy atom. The van der Waals surface area contributed by atoms with Gasteiger partial charge in [0.05, 0.1) is 0 Å². The first-order valence-corrected chi connectivity index (χ1v) is 11.0. The molecule has 4 nitrogen and oxygen atoms in total. The molecule has 2 aromatic carbocycles. The summed E-state index contributed by atoms with van der Waals surface area (Å²) in [6.07, 6.45) is 4.56. The molecule has 154 valence electrons. The highest BCUT2D eigenvalue weighted by atomic mass is 16.2. The van der Waals surface area contributed by atoms with Gasteiger partial charge in [0.25, 0.3) is 0 Å². The van der Waals surface area contributed by atoms with E-state index in [1.807, 2.05) is 18.2 Å². The van der Waals surface area contributed by atoms with Crippen LogP contribution in [0.15, 0.2) is 60.7 Å². The largest absolute Gasteiger partial charge is 0.352 e. The monoisotopic (exact) mass is 391 g/mol. The summed E-state index contributed by atoms with van der Waals surface area (Å²) in [5, 5.41) is 3.23. The van der Waals surface area contributed by atoms with E-state index in [9.17, 15) is 4.79 Å². The zero-order valence-corrected chi connectivity index (χ0v) is 17.5. The number of carbonyl (C=O) groups is 1. The Bertz CT molecular complexity index is 767. The molecule has 2 aliphatic rings. The van der Waals surface area contributed by atoms with Gasteiger partial charge in [-0.2, -0.15) is 0 Å². The molecule has 2 fully saturated rings. The molecule has 1 saturated heterocycles. The number of rotatable bonds is 8. The topological polar surface area (TPSA) is 35.6 Å². The summed E-state index contributed by atoms with van der Waals surface area (Å²) in [6.45, 7) is 4.09. The standard InChI is InChI=1S/C25H33N3O/c1-27(18-20-8-4-2-5-9-20)19-21-14-16-28(17-15-21)24(22-10-6-3-7-11-22)25(29)26-23-12-13-23/h2-11,21,23-24H,12-19H2,1H3,(H,26,29)/t24-/m0/s1. The third-order valence-electron chi connectivity index (χ3n) is 6.17. The van der Waals surface area contributed by atoms with Crippen LogP contribution in [0, 0.1) is 5.92 Å². The average molecular weight is 392 g/mol. The molecule has 4 heteroatoms. The van der Waals surface area contributed by atoms with Gasteiger partial charge in [-0.15, -0.1) is 0 Å². The van der Waals surface area contributed by atoms with Crippen molar-refractivity contribution in [3.05, 3.63) is 71.8 Å². The Labute approximate surface area is 174 Å². The number of hydrogen-bond donors (Lipinski definition) is 1. The lowest BCUT2D eigenvalue weighted by Crippen LogP contribution is -2.45. The highest BCUT2D eigenvalue weighted by Gasteiger charge is 2.34. The molecular weight excluding hydrogens is 358 g/mol. The number of nitrogens with zero attached hydrogens (tertiary/aromatic N) is 2. The normalized spacial score (nSPS) is 19.2. The second kappa shape index (κ2) is 9.55. The molecule has 1 atom stereocenters. The van der Waals surface area contributed by atoms with Gasteiger partial charge in [-0.1, -0.05) is 60.7 Å². The SMILES string of the molecule is CN(Cc1ccccc1)CC1CCN([C@H](C(=O)NC2CC2)c2ccccc2)CC1. The van der Waals surface area contributed by atoms with Crippen LogP contribution in [0.1, 0.15) is 42.9 Å². The first-order chi connectivity index (χ1) is 14.2. The van der Waals surface area contributed by atoms with Crippen LogP contribution in [0.5, 0.6) is 0 Å². The number of piperidine rings is 1. The maximum atomic E-state index is 13.0. The van der Waals surface area contributed by atoms with E-state index in [1.54, 1.807) is 0 Å². The van der Waals surface area contributed by atoms with Gasteiger partial charge in [0.1, 0.15) is 6.04 Å². The molecule has 1 amide bonds. The molecule has 0 aromatic heterocycles. The maximum Gasteiger partial charge on any atom is 0.242 e. The van der Waals surface area contributed by atoms with Gasteiger partial charge in [-0.25, -0.2) is 0 Å². The number of likely N-dealkylation sites (tertiary alicyclic amines) is 1. The van der Waals surface area contributed by atoms with E-state index in [1.165, 1.54) is 5.56 Å². The summed E-state index contributed by atoms with van der Waals surface area (Å²) >= 11 is 0. The maximum absolute atomic E-state index is 13.0. The van der Waals surface area contributed by atoms with E-state index in [-0.39, 0.29) is 11.9 Å². The fourth-order valence-corrected chi connectivity index (χ4v) is 4.47. The lowest BCUT2D eigenvalue weighted by atomic mass is 9.93. The molecule has 0 radical (unpaired) electrons. The summed E-state index contributed by atoms with van der Waals surface area (Å²) in [7, 11) is 2.22. The highest BCUT2D eigenvalue weighted by Crippen LogP contribution is 2.29. The van der Waals surface area contributed by atoms with Gasteiger partial charge in [-0.3, -0.25) is 9.69 Å². The predicted molar refractivity (Wildman–Crippen MR) is 117 cm³/mol. The van der Waals surface area contributed by atoms with Gasteiger partial charge in [-0.05, 0) is 62.9 Å². The Morgan fingerprint density at radius 1 is 1.00 bits per heavy atom. The van der Waals surface area contributed by atoms with Crippen LogP contribution < -0.4 is 5.32 Å². The van der Waals surface area contributed by atoms with Gasteiger partial charge in [0, 0.05) is 19.1 Å². The zero-order valence-electron chi connectivity index (χ0n) is 17.5. The van der Waals surface area contributed by atoms with Crippen LogP contribution in [-0.4, -0.2) is 48.4 Å². The number of carbonyl (C=O) groups excluding carboxylic acids is 1. The molecule has 0 spiro atoms. The molecule has 0 bridgehead atoms. The van der Waals surface area contributed by atoms with Gasteiger partial charge in [0.2, 0.25) is 5.91 Å². The van der Waals surface area contributed by atoms with Crippen LogP contribution in [0.3, 0.4) is 0 Å². The first-order valence-electron chi connectivity index (χ1n) is 11.0. The molecule has 29 heavy (non-hydrogen) atoms. The summed E-state index contributed by atoms with van der Waals surface area (Å²) < 4.78 is 0. The van der Waals surface area contributed by atoms with Crippen molar-refractivity contribution in [3.8, 4) is 0 Å². The highest BCUT2D eigenvalue weighted by molar-refractivity contribution is 5.83. The van der Waals surface area contributed by atoms with Crippen LogP contribution in [-0.2, 0) is 11.3 Å². The third-order valence-corrected chi connectivity index (χ3v) is 6.17. The van der Waals surface area contributed by atoms with Crippen molar-refractivity contribution in [2.24, 2.45) is 5.92 Å². The minimum Gasteiger partial charge on any atom is -0.352 e. The van der Waals surface area contributed by atoms with Gasteiger partial charge >= 0.3 is 0 Å². The van der Waals surface area contributed by atoms with Crippen molar-refractivity contribution in [2.75, 3.05) is 26.7 Å². The molecule has 1 aliphatic carbocycles. The van der Waals surface area contributed by atoms with E-state index in [4.69, 9.17) is 0 Å². The summed E-state index contributed by atoms with van der Waals surface area (Å²) in [6, 6.07) is 21.2. The summed E-state index contributed by atoms with van der Waals surface area (Å²) in [5.74, 6) is 0.876. The molecular formula is C25H33N3O. The average Bonchev–Trinajstić information content (AvgIpc) is 3.55. The van der Waals surface area contributed by atoms with Crippen molar-refractivity contribution in [3.63, 3.8) is 0 Å². The van der Waals surface area contributed by atoms with E-state index in [0.717, 1.165) is 57.4 Å². The number of benzene rings is 2. The second-order valence-corrected chi connectivity index (χ2v) is 8.76. The van der Waals surface area contributed by atoms with Crippen molar-refractivity contribution in [1.29, 1.82) is 0 Å². The molecule has 1 saturated carbocycles. The fourth-order valence-electron chi connectivity index (χ4n) is 4.47. The summed E-state index contributed by atoms with van der Waals surface area (Å²) in [4.78, 5) is 17.8. The third kappa shape index (κ3) is 5.68. The lowest BCUT2D eigenvalue weighted by Gasteiger charge is -2.38. The van der Waals surface area contributed by atoms with Crippen molar-refractivity contribution >= 4 is 5.91 Å². The van der Waals surface area contributed by atoms with Crippen molar-refractivity contribution < 1.29 is 4.79 Å². The van der Waals surface area contributed by atoms with Crippen LogP contribution >= 0.6 is 0 Å². The van der Waals surface area contributed by atoms with Crippen LogP contribution in [0.25, 0.3) is 0 Å². The minimum atomic E-state index is -0.153. The first kappa shape index (κ1) is 20.1. The number of nitrogens with one attached hydrogen (secondary N) is 1. The van der Waals surface area contributed by atoms with Crippen molar-refractivity contribution in [1.82, 2.24) is 15.1 Å². The number of amides is 1. The molecule has 1 heterocycles. The minimum absolute atomic E-state index is 0.153. The molecule has 1 N–H and O–H groups in total. The fraction of sp³-hybridized carbons (Fsp3) is 0.480. The lowest BCUT2D eigenvalue weighted by molar-refractivity contribution is -0.127. The predicted octanol–water partition coefficient (Wildman–Crippen LogP) is 3.85. The van der Waals surface area contributed by atoms with Crippen LogP contribution in [0.2, 0.25) is 0 Å². The molecule has 2 aromatic rings. The van der Waals surface area contributed by atoms with Crippen molar-refractivity contribution in [2.45, 2.75) is 44.3 Å². The molecule has 1 aliphatic heterocycles. The quantitative estimate of drug-likeness (QED) is 0.742. The second-order valence-electron chi connectivity index (χ2n) is 8.76. The molecule has 0 unspecified atom stereocenters. The Hall–Kier alpha value is -2.17. The van der Waals surface area contributed by atoms with E-state index >= 15 is 0 Å². The Balaban J connectivity index is 1.33. The van der Waals surface area contributed by atoms with Gasteiger partial charge < -0.3 is 10.2 Å². The van der Waals surface area contributed by atoms with E-state index in [0.29, 0.717) is 12.0 Å². The van der Waals surface area contributed by atoms with Crippen LogP contribution in [0.4, 0.5) is 0 Å².